The standard InChI is InChI=1S/C15H26N2O2S/c1-4-12-16-13-6-7-14-8-10-15(11-9-14)20(18,19)17(3)5-2/h8-11,16H,4-7,12-13H2,1-3H3. The number of nitrogens with zero attached hydrogens (tertiary/aromatic N) is 1. The molecule has 0 aromatic heterocycles. The third-order valence-electron chi connectivity index (χ3n) is 3.32. The highest BCUT2D eigenvalue weighted by atomic mass is 32.2. The van der Waals surface area contributed by atoms with Gasteiger partial charge in [-0.2, -0.15) is 0 Å². The van der Waals surface area contributed by atoms with Crippen molar-refractivity contribution in [2.24, 2.45) is 0 Å². The Kier molecular flexibility index (Phi) is 7.19. The van der Waals surface area contributed by atoms with Crippen LogP contribution in [-0.2, 0) is 16.4 Å². The minimum atomic E-state index is -3.32. The molecule has 0 heterocycles. The summed E-state index contributed by atoms with van der Waals surface area (Å²) in [6.45, 7) is 6.52. The normalized spacial score (nSPS) is 12.0. The quantitative estimate of drug-likeness (QED) is 0.711. The molecule has 0 spiro atoms. The molecule has 0 saturated heterocycles. The molecule has 0 fully saturated rings. The zero-order valence-corrected chi connectivity index (χ0v) is 13.5. The monoisotopic (exact) mass is 298 g/mol. The summed E-state index contributed by atoms with van der Waals surface area (Å²) in [5.74, 6) is 0. The Labute approximate surface area is 123 Å². The van der Waals surface area contributed by atoms with Gasteiger partial charge in [0, 0.05) is 13.6 Å². The third kappa shape index (κ3) is 4.89. The average molecular weight is 298 g/mol. The van der Waals surface area contributed by atoms with Crippen molar-refractivity contribution in [3.8, 4) is 0 Å². The summed E-state index contributed by atoms with van der Waals surface area (Å²) < 4.78 is 25.6. The lowest BCUT2D eigenvalue weighted by molar-refractivity contribution is 0.486. The summed E-state index contributed by atoms with van der Waals surface area (Å²) in [6.07, 6.45) is 3.19. The lowest BCUT2D eigenvalue weighted by atomic mass is 10.1. The Bertz CT molecular complexity index is 483. The molecule has 114 valence electrons. The molecular weight excluding hydrogens is 272 g/mol. The predicted octanol–water partition coefficient (Wildman–Crippen LogP) is 2.26. The molecule has 1 aromatic carbocycles. The van der Waals surface area contributed by atoms with E-state index in [1.165, 1.54) is 9.87 Å². The van der Waals surface area contributed by atoms with E-state index >= 15 is 0 Å². The van der Waals surface area contributed by atoms with Gasteiger partial charge in [0.2, 0.25) is 10.0 Å². The van der Waals surface area contributed by atoms with E-state index in [0.717, 1.165) is 32.4 Å². The molecule has 1 N–H and O–H groups in total. The topological polar surface area (TPSA) is 49.4 Å². The van der Waals surface area contributed by atoms with Crippen LogP contribution in [0.5, 0.6) is 0 Å². The van der Waals surface area contributed by atoms with Crippen molar-refractivity contribution in [2.75, 3.05) is 26.7 Å². The lowest BCUT2D eigenvalue weighted by Gasteiger charge is -2.15. The predicted molar refractivity (Wildman–Crippen MR) is 83.4 cm³/mol. The van der Waals surface area contributed by atoms with Gasteiger partial charge in [-0.1, -0.05) is 26.0 Å². The molecule has 0 aliphatic heterocycles. The van der Waals surface area contributed by atoms with Gasteiger partial charge in [-0.25, -0.2) is 12.7 Å². The van der Waals surface area contributed by atoms with E-state index < -0.39 is 10.0 Å². The smallest absolute Gasteiger partial charge is 0.242 e. The molecule has 1 aromatic rings. The first-order chi connectivity index (χ1) is 9.52. The number of nitrogens with one attached hydrogen (secondary N) is 1. The lowest BCUT2D eigenvalue weighted by Crippen LogP contribution is -2.26. The number of hydrogen-bond donors (Lipinski definition) is 1. The Morgan fingerprint density at radius 3 is 2.30 bits per heavy atom. The fourth-order valence-corrected chi connectivity index (χ4v) is 3.08. The van der Waals surface area contributed by atoms with Crippen molar-refractivity contribution in [1.82, 2.24) is 9.62 Å². The van der Waals surface area contributed by atoms with Gasteiger partial charge in [0.05, 0.1) is 4.90 Å². The Morgan fingerprint density at radius 1 is 1.10 bits per heavy atom. The van der Waals surface area contributed by atoms with E-state index in [1.807, 2.05) is 19.1 Å². The molecule has 0 aliphatic rings. The average Bonchev–Trinajstić information content (AvgIpc) is 2.46. The van der Waals surface area contributed by atoms with Crippen molar-refractivity contribution in [3.05, 3.63) is 29.8 Å². The maximum atomic E-state index is 12.1. The van der Waals surface area contributed by atoms with Crippen LogP contribution in [0.3, 0.4) is 0 Å². The number of sulfonamides is 1. The van der Waals surface area contributed by atoms with Crippen molar-refractivity contribution in [2.45, 2.75) is 38.0 Å². The largest absolute Gasteiger partial charge is 0.317 e. The minimum absolute atomic E-state index is 0.370. The Hall–Kier alpha value is -0.910. The van der Waals surface area contributed by atoms with Crippen LogP contribution in [0, 0.1) is 0 Å². The van der Waals surface area contributed by atoms with E-state index in [2.05, 4.69) is 12.2 Å². The first kappa shape index (κ1) is 17.1. The Morgan fingerprint density at radius 2 is 1.75 bits per heavy atom. The second kappa shape index (κ2) is 8.39. The second-order valence-electron chi connectivity index (χ2n) is 4.92. The van der Waals surface area contributed by atoms with Crippen LogP contribution >= 0.6 is 0 Å². The van der Waals surface area contributed by atoms with Gasteiger partial charge in [0.25, 0.3) is 0 Å². The summed E-state index contributed by atoms with van der Waals surface area (Å²) >= 11 is 0. The van der Waals surface area contributed by atoms with E-state index in [-0.39, 0.29) is 0 Å². The van der Waals surface area contributed by atoms with Crippen LogP contribution < -0.4 is 5.32 Å². The minimum Gasteiger partial charge on any atom is -0.317 e. The SMILES string of the molecule is CCCNCCCc1ccc(S(=O)(=O)N(C)CC)cc1. The van der Waals surface area contributed by atoms with Gasteiger partial charge >= 0.3 is 0 Å². The van der Waals surface area contributed by atoms with Gasteiger partial charge < -0.3 is 5.32 Å². The third-order valence-corrected chi connectivity index (χ3v) is 5.27. The molecule has 4 nitrogen and oxygen atoms in total. The van der Waals surface area contributed by atoms with Gasteiger partial charge in [0.15, 0.2) is 0 Å². The highest BCUT2D eigenvalue weighted by molar-refractivity contribution is 7.89. The van der Waals surface area contributed by atoms with E-state index in [4.69, 9.17) is 0 Å². The van der Waals surface area contributed by atoms with E-state index in [1.54, 1.807) is 19.2 Å². The first-order valence-corrected chi connectivity index (χ1v) is 8.72. The van der Waals surface area contributed by atoms with Gasteiger partial charge in [0.1, 0.15) is 0 Å². The molecule has 0 saturated carbocycles. The van der Waals surface area contributed by atoms with Crippen LogP contribution in [0.1, 0.15) is 32.3 Å². The van der Waals surface area contributed by atoms with Crippen LogP contribution in [-0.4, -0.2) is 39.4 Å². The molecule has 0 radical (unpaired) electrons. The van der Waals surface area contributed by atoms with Crippen LogP contribution in [0.15, 0.2) is 29.2 Å². The molecule has 20 heavy (non-hydrogen) atoms. The molecule has 0 bridgehead atoms. The fraction of sp³-hybridized carbons (Fsp3) is 0.600. The van der Waals surface area contributed by atoms with Crippen molar-refractivity contribution in [1.29, 1.82) is 0 Å². The van der Waals surface area contributed by atoms with E-state index in [0.29, 0.717) is 11.4 Å². The van der Waals surface area contributed by atoms with Crippen molar-refractivity contribution < 1.29 is 8.42 Å². The molecule has 1 rings (SSSR count). The Balaban J connectivity index is 2.56. The number of hydrogen-bond acceptors (Lipinski definition) is 3. The van der Waals surface area contributed by atoms with Gasteiger partial charge in [-0.3, -0.25) is 0 Å². The molecule has 0 amide bonds. The van der Waals surface area contributed by atoms with E-state index in [9.17, 15) is 8.42 Å². The fourth-order valence-electron chi connectivity index (χ4n) is 1.90. The molecular formula is C15H26N2O2S. The highest BCUT2D eigenvalue weighted by Gasteiger charge is 2.18. The number of benzene rings is 1. The molecule has 0 unspecified atom stereocenters. The summed E-state index contributed by atoms with van der Waals surface area (Å²) in [7, 11) is -1.72. The van der Waals surface area contributed by atoms with Crippen molar-refractivity contribution >= 4 is 10.0 Å². The van der Waals surface area contributed by atoms with Crippen molar-refractivity contribution in [3.63, 3.8) is 0 Å². The van der Waals surface area contributed by atoms with Crippen LogP contribution in [0.25, 0.3) is 0 Å². The van der Waals surface area contributed by atoms with Gasteiger partial charge in [-0.15, -0.1) is 0 Å². The summed E-state index contributed by atoms with van der Waals surface area (Å²) in [5, 5.41) is 3.36. The summed E-state index contributed by atoms with van der Waals surface area (Å²) in [6, 6.07) is 7.24. The maximum absolute atomic E-state index is 12.1. The molecule has 0 atom stereocenters. The highest BCUT2D eigenvalue weighted by Crippen LogP contribution is 2.15. The zero-order valence-electron chi connectivity index (χ0n) is 12.7. The zero-order chi connectivity index (χ0) is 15.0. The molecule has 0 aliphatic carbocycles. The summed E-state index contributed by atoms with van der Waals surface area (Å²) in [4.78, 5) is 0.370. The number of aryl methyl sites for hydroxylation is 1. The van der Waals surface area contributed by atoms with Crippen LogP contribution in [0.2, 0.25) is 0 Å². The molecule has 5 heteroatoms. The van der Waals surface area contributed by atoms with Crippen LogP contribution in [0.4, 0.5) is 0 Å². The second-order valence-corrected chi connectivity index (χ2v) is 6.96. The number of rotatable bonds is 9. The van der Waals surface area contributed by atoms with Gasteiger partial charge in [-0.05, 0) is 50.0 Å². The maximum Gasteiger partial charge on any atom is 0.242 e. The first-order valence-electron chi connectivity index (χ1n) is 7.28. The summed E-state index contributed by atoms with van der Waals surface area (Å²) in [5.41, 5.74) is 1.18.